The van der Waals surface area contributed by atoms with Crippen LogP contribution in [0, 0.1) is 5.92 Å². The first-order valence-corrected chi connectivity index (χ1v) is 18.0. The van der Waals surface area contributed by atoms with Crippen LogP contribution in [0.4, 0.5) is 0 Å². The van der Waals surface area contributed by atoms with Gasteiger partial charge in [0.15, 0.2) is 25.2 Å². The molecule has 0 aromatic rings. The van der Waals surface area contributed by atoms with Gasteiger partial charge >= 0.3 is 0 Å². The highest BCUT2D eigenvalue weighted by Gasteiger charge is 2.51. The Balaban J connectivity index is 1.15. The van der Waals surface area contributed by atoms with E-state index in [9.17, 15) is 86.8 Å². The molecule has 1 aliphatic carbocycles. The Morgan fingerprint density at radius 2 is 0.696 bits per heavy atom. The maximum Gasteiger partial charge on any atom is 0.186 e. The summed E-state index contributed by atoms with van der Waals surface area (Å²) in [4.78, 5) is 0. The first kappa shape index (κ1) is 46.1. The normalized spacial score (nSPS) is 53.2. The SMILES string of the molecule is OC[C@H]1O[C@H](OC[C@H]2C[C@H](OC[C@H]3O[C@H](OC[C@H]4O[C@H](OC[C@H]5O[C@H](O)[C@H](O)[C@@H](O)[C@@H]5O)[C@H](O)[C@@H](O)[C@@H]4O)[C@H](O)[C@@H](O)[C@@H]3O)[C@H](O)[C@@H](O)[C@@H]2O)[C@H](O)[C@@H](O)[C@@H]1O. The summed E-state index contributed by atoms with van der Waals surface area (Å²) in [6, 6.07) is 0. The van der Waals surface area contributed by atoms with E-state index < -0.39 is 186 Å². The molecule has 5 fully saturated rings. The average Bonchev–Trinajstić information content (AvgIpc) is 3.18. The third kappa shape index (κ3) is 9.79. The zero-order chi connectivity index (χ0) is 41.3. The first-order valence-electron chi connectivity index (χ1n) is 18.0. The Bertz CT molecular complexity index is 1210. The lowest BCUT2D eigenvalue weighted by atomic mass is 9.81. The number of hydrogen-bond acceptors (Lipinski definition) is 25. The van der Waals surface area contributed by atoms with Crippen molar-refractivity contribution in [1.29, 1.82) is 0 Å². The van der Waals surface area contributed by atoms with E-state index >= 15 is 0 Å². The van der Waals surface area contributed by atoms with Gasteiger partial charge in [0, 0.05) is 5.92 Å². The van der Waals surface area contributed by atoms with Gasteiger partial charge in [0.2, 0.25) is 0 Å². The fourth-order valence-corrected chi connectivity index (χ4v) is 7.09. The van der Waals surface area contributed by atoms with Crippen LogP contribution in [0.3, 0.4) is 0 Å². The van der Waals surface area contributed by atoms with Gasteiger partial charge in [-0.05, 0) is 6.42 Å². The number of aliphatic hydroxyl groups is 17. The largest absolute Gasteiger partial charge is 0.394 e. The Morgan fingerprint density at radius 1 is 0.339 bits per heavy atom. The van der Waals surface area contributed by atoms with Gasteiger partial charge in [0.05, 0.1) is 45.2 Å². The van der Waals surface area contributed by atoms with E-state index in [0.717, 1.165) is 0 Å². The zero-order valence-corrected chi connectivity index (χ0v) is 29.5. The van der Waals surface area contributed by atoms with E-state index in [1.165, 1.54) is 0 Å². The summed E-state index contributed by atoms with van der Waals surface area (Å²) >= 11 is 0. The second kappa shape index (κ2) is 19.6. The Hall–Kier alpha value is -1.00. The Kier molecular flexibility index (Phi) is 16.1. The summed E-state index contributed by atoms with van der Waals surface area (Å²) in [6.07, 6.45) is -41.0. The van der Waals surface area contributed by atoms with E-state index in [0.29, 0.717) is 0 Å². The molecule has 0 amide bonds. The summed E-state index contributed by atoms with van der Waals surface area (Å²) in [5.74, 6) is -0.999. The van der Waals surface area contributed by atoms with Crippen LogP contribution in [0.5, 0.6) is 0 Å². The standard InChI is InChI=1S/C31H54O25/c32-2-9-15(35)21(41)25(45)29(54-9)50-3-7-1-8(14(34)19(39)13(7)33)49-4-11-17(37)22(42)26(46)31(55-11)52-6-12-18(38)23(43)27(47)30(56-12)51-5-10-16(36)20(40)24(44)28(48)53-10/h7-48H,1-6H2/t7-,8+,9-,10-,11-,12-,13-,14+,15-,16-,17-,18-,19+,20+,21+,22+,23+,24-,25-,26-,27-,28+,29+,30+,31+/m1/s1. The maximum absolute atomic E-state index is 10.6. The van der Waals surface area contributed by atoms with Crippen molar-refractivity contribution in [2.45, 2.75) is 154 Å². The molecule has 25 nitrogen and oxygen atoms in total. The fourth-order valence-electron chi connectivity index (χ4n) is 7.09. The van der Waals surface area contributed by atoms with Crippen LogP contribution < -0.4 is 0 Å². The second-order valence-electron chi connectivity index (χ2n) is 14.6. The summed E-state index contributed by atoms with van der Waals surface area (Å²) in [6.45, 7) is -3.16. The molecular formula is C31H54O25. The van der Waals surface area contributed by atoms with E-state index in [-0.39, 0.29) is 6.42 Å². The molecule has 0 aromatic carbocycles. The van der Waals surface area contributed by atoms with Crippen molar-refractivity contribution in [3.8, 4) is 0 Å². The molecule has 5 rings (SSSR count). The van der Waals surface area contributed by atoms with Gasteiger partial charge in [-0.25, -0.2) is 0 Å². The summed E-state index contributed by atoms with van der Waals surface area (Å²) in [5.41, 5.74) is 0. The minimum atomic E-state index is -1.92. The molecule has 1 saturated carbocycles. The average molecular weight is 827 g/mol. The monoisotopic (exact) mass is 826 g/mol. The number of aliphatic hydroxyl groups excluding tert-OH is 17. The van der Waals surface area contributed by atoms with Gasteiger partial charge in [-0.3, -0.25) is 0 Å². The van der Waals surface area contributed by atoms with Crippen molar-refractivity contribution >= 4 is 0 Å². The van der Waals surface area contributed by atoms with Crippen LogP contribution in [0.1, 0.15) is 6.42 Å². The van der Waals surface area contributed by atoms with Gasteiger partial charge in [-0.2, -0.15) is 0 Å². The highest BCUT2D eigenvalue weighted by atomic mass is 16.7. The minimum Gasteiger partial charge on any atom is -0.394 e. The van der Waals surface area contributed by atoms with E-state index in [1.54, 1.807) is 0 Å². The predicted octanol–water partition coefficient (Wildman–Crippen LogP) is -11.3. The number of hydrogen-bond donors (Lipinski definition) is 17. The van der Waals surface area contributed by atoms with Crippen LogP contribution in [0.15, 0.2) is 0 Å². The molecule has 0 aromatic heterocycles. The molecular weight excluding hydrogens is 772 g/mol. The van der Waals surface area contributed by atoms with Crippen LogP contribution in [0.2, 0.25) is 0 Å². The zero-order valence-electron chi connectivity index (χ0n) is 29.5. The van der Waals surface area contributed by atoms with Gasteiger partial charge < -0.3 is 125 Å². The van der Waals surface area contributed by atoms with E-state index in [4.69, 9.17) is 37.9 Å². The van der Waals surface area contributed by atoms with Crippen molar-refractivity contribution in [2.24, 2.45) is 5.92 Å². The van der Waals surface area contributed by atoms with Crippen molar-refractivity contribution < 1.29 is 125 Å². The van der Waals surface area contributed by atoms with Crippen molar-refractivity contribution in [1.82, 2.24) is 0 Å². The third-order valence-corrected chi connectivity index (χ3v) is 10.8. The van der Waals surface area contributed by atoms with E-state index in [2.05, 4.69) is 0 Å². The molecule has 56 heavy (non-hydrogen) atoms. The molecule has 4 heterocycles. The molecule has 4 aliphatic heterocycles. The molecule has 328 valence electrons. The molecule has 0 radical (unpaired) electrons. The highest BCUT2D eigenvalue weighted by molar-refractivity contribution is 4.96. The van der Waals surface area contributed by atoms with E-state index in [1.807, 2.05) is 0 Å². The predicted molar refractivity (Wildman–Crippen MR) is 170 cm³/mol. The lowest BCUT2D eigenvalue weighted by molar-refractivity contribution is -0.341. The smallest absolute Gasteiger partial charge is 0.186 e. The minimum absolute atomic E-state index is 0.214. The van der Waals surface area contributed by atoms with Gasteiger partial charge in [0.25, 0.3) is 0 Å². The quantitative estimate of drug-likeness (QED) is 0.0819. The van der Waals surface area contributed by atoms with Gasteiger partial charge in [-0.1, -0.05) is 0 Å². The Labute approximate surface area is 317 Å². The molecule has 0 spiro atoms. The Morgan fingerprint density at radius 3 is 1.16 bits per heavy atom. The molecule has 17 N–H and O–H groups in total. The van der Waals surface area contributed by atoms with Gasteiger partial charge in [-0.15, -0.1) is 0 Å². The van der Waals surface area contributed by atoms with Crippen LogP contribution in [-0.4, -0.2) is 267 Å². The van der Waals surface area contributed by atoms with Crippen molar-refractivity contribution in [3.63, 3.8) is 0 Å². The molecule has 25 atom stereocenters. The number of ether oxygens (including phenoxy) is 8. The summed E-state index contributed by atoms with van der Waals surface area (Å²) in [5, 5.41) is 174. The van der Waals surface area contributed by atoms with Crippen LogP contribution >= 0.6 is 0 Å². The summed E-state index contributed by atoms with van der Waals surface area (Å²) < 4.78 is 43.5. The van der Waals surface area contributed by atoms with Crippen molar-refractivity contribution in [3.05, 3.63) is 0 Å². The van der Waals surface area contributed by atoms with Crippen LogP contribution in [0.25, 0.3) is 0 Å². The number of rotatable bonds is 13. The third-order valence-electron chi connectivity index (χ3n) is 10.8. The van der Waals surface area contributed by atoms with Crippen LogP contribution in [-0.2, 0) is 37.9 Å². The van der Waals surface area contributed by atoms with Gasteiger partial charge in [0.1, 0.15) is 110 Å². The molecule has 4 saturated heterocycles. The molecule has 25 heteroatoms. The molecule has 0 unspecified atom stereocenters. The fraction of sp³-hybridized carbons (Fsp3) is 1.00. The molecule has 5 aliphatic rings. The highest BCUT2D eigenvalue weighted by Crippen LogP contribution is 2.32. The second-order valence-corrected chi connectivity index (χ2v) is 14.6. The maximum atomic E-state index is 10.6. The lowest BCUT2D eigenvalue weighted by Gasteiger charge is -2.44. The topological polar surface area (TPSA) is 418 Å². The summed E-state index contributed by atoms with van der Waals surface area (Å²) in [7, 11) is 0. The molecule has 0 bridgehead atoms. The van der Waals surface area contributed by atoms with Crippen molar-refractivity contribution in [2.75, 3.05) is 33.0 Å². The first-order chi connectivity index (χ1) is 26.4. The lowest BCUT2D eigenvalue weighted by Crippen LogP contribution is -2.63.